The van der Waals surface area contributed by atoms with Crippen molar-refractivity contribution in [2.75, 3.05) is 0 Å². The van der Waals surface area contributed by atoms with Crippen LogP contribution in [0.15, 0.2) is 24.3 Å². The Bertz CT molecular complexity index is 700. The zero-order chi connectivity index (χ0) is 18.3. The summed E-state index contributed by atoms with van der Waals surface area (Å²) < 4.78 is 0. The van der Waals surface area contributed by atoms with Crippen LogP contribution in [0, 0.1) is 0 Å². The average Bonchev–Trinajstić information content (AvgIpc) is 3.28. The Morgan fingerprint density at radius 2 is 1.77 bits per heavy atom. The molecule has 0 aromatic heterocycles. The minimum absolute atomic E-state index is 0.0878. The lowest BCUT2D eigenvalue weighted by molar-refractivity contribution is -0.127. The van der Waals surface area contributed by atoms with Crippen molar-refractivity contribution >= 4 is 11.8 Å². The van der Waals surface area contributed by atoms with Crippen LogP contribution >= 0.6 is 0 Å². The van der Waals surface area contributed by atoms with E-state index in [0.29, 0.717) is 6.04 Å². The van der Waals surface area contributed by atoms with Crippen molar-refractivity contribution in [2.24, 2.45) is 0 Å². The van der Waals surface area contributed by atoms with Crippen molar-refractivity contribution in [1.82, 2.24) is 10.2 Å². The number of fused-ring (bicyclic) bond motifs is 1. The van der Waals surface area contributed by atoms with Crippen LogP contribution in [0.3, 0.4) is 0 Å². The van der Waals surface area contributed by atoms with Crippen LogP contribution < -0.4 is 5.32 Å². The van der Waals surface area contributed by atoms with Gasteiger partial charge in [0.05, 0.1) is 11.5 Å². The topological polar surface area (TPSA) is 49.4 Å². The fourth-order valence-electron chi connectivity index (χ4n) is 5.67. The standard InChI is InChI=1S/C22H30N2O2/c1-15(2)23-20(25)19-17-11-5-6-12-18(17)21(26)24(16-9-3-4-10-16)22(19)13-7-8-14-22/h5-6,11-12,15-16,19H,3-4,7-10,13-14H2,1-2H3,(H,23,25)/t19-/m1/s1. The maximum atomic E-state index is 13.5. The van der Waals surface area contributed by atoms with E-state index in [0.717, 1.165) is 49.7 Å². The summed E-state index contributed by atoms with van der Waals surface area (Å²) in [6.45, 7) is 4.02. The molecule has 4 rings (SSSR count). The van der Waals surface area contributed by atoms with Crippen molar-refractivity contribution < 1.29 is 9.59 Å². The highest BCUT2D eigenvalue weighted by atomic mass is 16.2. The van der Waals surface area contributed by atoms with E-state index in [2.05, 4.69) is 10.2 Å². The molecule has 1 aromatic carbocycles. The number of benzene rings is 1. The Labute approximate surface area is 156 Å². The van der Waals surface area contributed by atoms with Crippen LogP contribution in [-0.4, -0.2) is 34.3 Å². The van der Waals surface area contributed by atoms with E-state index in [1.165, 1.54) is 12.8 Å². The molecule has 2 saturated carbocycles. The molecule has 1 aliphatic heterocycles. The van der Waals surface area contributed by atoms with Crippen molar-refractivity contribution in [3.8, 4) is 0 Å². The zero-order valence-corrected chi connectivity index (χ0v) is 16.0. The van der Waals surface area contributed by atoms with Crippen LogP contribution in [0.2, 0.25) is 0 Å². The number of hydrogen-bond donors (Lipinski definition) is 1. The summed E-state index contributed by atoms with van der Waals surface area (Å²) in [6, 6.07) is 8.21. The molecule has 4 nitrogen and oxygen atoms in total. The second-order valence-corrected chi connectivity index (χ2v) is 8.61. The maximum Gasteiger partial charge on any atom is 0.254 e. The van der Waals surface area contributed by atoms with E-state index in [9.17, 15) is 9.59 Å². The second-order valence-electron chi connectivity index (χ2n) is 8.61. The summed E-state index contributed by atoms with van der Waals surface area (Å²) >= 11 is 0. The first-order valence-electron chi connectivity index (χ1n) is 10.3. The van der Waals surface area contributed by atoms with Gasteiger partial charge in [0.15, 0.2) is 0 Å². The van der Waals surface area contributed by atoms with Crippen LogP contribution in [0.25, 0.3) is 0 Å². The summed E-state index contributed by atoms with van der Waals surface area (Å²) in [7, 11) is 0. The van der Waals surface area contributed by atoms with Crippen molar-refractivity contribution in [3.63, 3.8) is 0 Å². The number of carbonyl (C=O) groups is 2. The van der Waals surface area contributed by atoms with Crippen LogP contribution in [-0.2, 0) is 4.79 Å². The molecule has 1 heterocycles. The first-order valence-corrected chi connectivity index (χ1v) is 10.3. The molecule has 4 heteroatoms. The Balaban J connectivity index is 1.86. The van der Waals surface area contributed by atoms with Gasteiger partial charge < -0.3 is 10.2 Å². The summed E-state index contributed by atoms with van der Waals surface area (Å²) in [5, 5.41) is 3.15. The van der Waals surface area contributed by atoms with Gasteiger partial charge in [-0.3, -0.25) is 9.59 Å². The molecule has 3 aliphatic rings. The summed E-state index contributed by atoms with van der Waals surface area (Å²) in [5.41, 5.74) is 1.34. The van der Waals surface area contributed by atoms with Gasteiger partial charge in [-0.15, -0.1) is 0 Å². The lowest BCUT2D eigenvalue weighted by Gasteiger charge is -2.52. The predicted molar refractivity (Wildman–Crippen MR) is 102 cm³/mol. The lowest BCUT2D eigenvalue weighted by atomic mass is 9.70. The molecule has 1 spiro atoms. The van der Waals surface area contributed by atoms with Crippen molar-refractivity contribution in [2.45, 2.75) is 88.8 Å². The van der Waals surface area contributed by atoms with Gasteiger partial charge in [-0.05, 0) is 51.2 Å². The number of carbonyl (C=O) groups excluding carboxylic acids is 2. The molecule has 1 N–H and O–H groups in total. The third kappa shape index (κ3) is 2.65. The molecule has 2 amide bonds. The first kappa shape index (κ1) is 17.6. The second kappa shape index (κ2) is 6.71. The van der Waals surface area contributed by atoms with Crippen molar-refractivity contribution in [3.05, 3.63) is 35.4 Å². The average molecular weight is 354 g/mol. The molecule has 0 unspecified atom stereocenters. The summed E-state index contributed by atoms with van der Waals surface area (Å²) in [6.07, 6.45) is 8.63. The fraction of sp³-hybridized carbons (Fsp3) is 0.636. The Morgan fingerprint density at radius 3 is 2.42 bits per heavy atom. The molecule has 26 heavy (non-hydrogen) atoms. The van der Waals surface area contributed by atoms with Gasteiger partial charge in [-0.25, -0.2) is 0 Å². The highest BCUT2D eigenvalue weighted by Gasteiger charge is 2.57. The molecule has 1 atom stereocenters. The lowest BCUT2D eigenvalue weighted by Crippen LogP contribution is -2.63. The minimum atomic E-state index is -0.334. The quantitative estimate of drug-likeness (QED) is 0.892. The number of nitrogens with one attached hydrogen (secondary N) is 1. The van der Waals surface area contributed by atoms with Crippen LogP contribution in [0.1, 0.15) is 87.1 Å². The largest absolute Gasteiger partial charge is 0.353 e. The van der Waals surface area contributed by atoms with Gasteiger partial charge in [-0.2, -0.15) is 0 Å². The number of rotatable bonds is 3. The third-order valence-electron chi connectivity index (χ3n) is 6.59. The van der Waals surface area contributed by atoms with Gasteiger partial charge in [0, 0.05) is 17.6 Å². The van der Waals surface area contributed by atoms with Gasteiger partial charge in [0.2, 0.25) is 5.91 Å². The summed E-state index contributed by atoms with van der Waals surface area (Å²) in [4.78, 5) is 29.1. The Kier molecular flexibility index (Phi) is 4.54. The molecule has 2 aliphatic carbocycles. The maximum absolute atomic E-state index is 13.5. The van der Waals surface area contributed by atoms with E-state index in [-0.39, 0.29) is 29.3 Å². The molecule has 0 bridgehead atoms. The molecule has 0 radical (unpaired) electrons. The van der Waals surface area contributed by atoms with Gasteiger partial charge in [0.1, 0.15) is 0 Å². The Morgan fingerprint density at radius 1 is 1.12 bits per heavy atom. The Hall–Kier alpha value is -1.84. The zero-order valence-electron chi connectivity index (χ0n) is 16.0. The van der Waals surface area contributed by atoms with Gasteiger partial charge >= 0.3 is 0 Å². The van der Waals surface area contributed by atoms with Crippen molar-refractivity contribution in [1.29, 1.82) is 0 Å². The molecular weight excluding hydrogens is 324 g/mol. The highest BCUT2D eigenvalue weighted by Crippen LogP contribution is 2.52. The van der Waals surface area contributed by atoms with E-state index in [4.69, 9.17) is 0 Å². The first-order chi connectivity index (χ1) is 12.5. The SMILES string of the molecule is CC(C)NC(=O)[C@H]1c2ccccc2C(=O)N(C2CCCC2)C12CCCC2. The third-order valence-corrected chi connectivity index (χ3v) is 6.59. The molecule has 2 fully saturated rings. The number of hydrogen-bond acceptors (Lipinski definition) is 2. The fourth-order valence-corrected chi connectivity index (χ4v) is 5.67. The predicted octanol–water partition coefficient (Wildman–Crippen LogP) is 4.01. The molecular formula is C22H30N2O2. The minimum Gasteiger partial charge on any atom is -0.353 e. The van der Waals surface area contributed by atoms with E-state index in [1.54, 1.807) is 0 Å². The number of amides is 2. The number of nitrogens with zero attached hydrogens (tertiary/aromatic N) is 1. The monoisotopic (exact) mass is 354 g/mol. The summed E-state index contributed by atoms with van der Waals surface area (Å²) in [5.74, 6) is -0.00487. The molecule has 0 saturated heterocycles. The molecule has 1 aromatic rings. The molecule has 140 valence electrons. The van der Waals surface area contributed by atoms with E-state index in [1.807, 2.05) is 38.1 Å². The van der Waals surface area contributed by atoms with Gasteiger partial charge in [-0.1, -0.05) is 43.9 Å². The smallest absolute Gasteiger partial charge is 0.254 e. The van der Waals surface area contributed by atoms with Gasteiger partial charge in [0.25, 0.3) is 5.91 Å². The van der Waals surface area contributed by atoms with E-state index < -0.39 is 0 Å². The normalized spacial score (nSPS) is 25.1. The van der Waals surface area contributed by atoms with Crippen LogP contribution in [0.4, 0.5) is 0 Å². The van der Waals surface area contributed by atoms with Crippen LogP contribution in [0.5, 0.6) is 0 Å². The highest BCUT2D eigenvalue weighted by molar-refractivity contribution is 6.02. The van der Waals surface area contributed by atoms with E-state index >= 15 is 0 Å².